The SMILES string of the molecule is COc1cc(OC)c(C(=O)NC2CCN(C(=O)C(C)(C)C)CC2)cc1OC. The van der Waals surface area contributed by atoms with Gasteiger partial charge in [0.2, 0.25) is 5.91 Å². The van der Waals surface area contributed by atoms with Gasteiger partial charge in [-0.05, 0) is 12.8 Å². The summed E-state index contributed by atoms with van der Waals surface area (Å²) in [6, 6.07) is 3.27. The zero-order chi connectivity index (χ0) is 20.2. The number of methoxy groups -OCH3 is 3. The number of benzene rings is 1. The van der Waals surface area contributed by atoms with Crippen molar-refractivity contribution in [3.8, 4) is 17.2 Å². The molecule has 0 aliphatic carbocycles. The summed E-state index contributed by atoms with van der Waals surface area (Å²) in [6.45, 7) is 7.06. The summed E-state index contributed by atoms with van der Waals surface area (Å²) in [5, 5.41) is 3.04. The number of carbonyl (C=O) groups is 2. The van der Waals surface area contributed by atoms with Gasteiger partial charge in [0.25, 0.3) is 5.91 Å². The maximum atomic E-state index is 12.8. The molecule has 1 aromatic rings. The minimum absolute atomic E-state index is 0.0133. The Bertz CT molecular complexity index is 688. The van der Waals surface area contributed by atoms with Gasteiger partial charge in [-0.3, -0.25) is 9.59 Å². The molecule has 1 aromatic carbocycles. The smallest absolute Gasteiger partial charge is 0.255 e. The fourth-order valence-electron chi connectivity index (χ4n) is 3.17. The molecule has 1 heterocycles. The van der Waals surface area contributed by atoms with Crippen LogP contribution in [0.25, 0.3) is 0 Å². The largest absolute Gasteiger partial charge is 0.496 e. The number of nitrogens with zero attached hydrogens (tertiary/aromatic N) is 1. The van der Waals surface area contributed by atoms with Gasteiger partial charge < -0.3 is 24.4 Å². The fourth-order valence-corrected chi connectivity index (χ4v) is 3.17. The predicted molar refractivity (Wildman–Crippen MR) is 103 cm³/mol. The van der Waals surface area contributed by atoms with E-state index < -0.39 is 0 Å². The average Bonchev–Trinajstić information content (AvgIpc) is 2.66. The van der Waals surface area contributed by atoms with Crippen LogP contribution in [0.15, 0.2) is 12.1 Å². The van der Waals surface area contributed by atoms with Crippen LogP contribution in [0.4, 0.5) is 0 Å². The second-order valence-corrected chi connectivity index (χ2v) is 7.70. The molecular formula is C20H30N2O5. The number of likely N-dealkylation sites (tertiary alicyclic amines) is 1. The van der Waals surface area contributed by atoms with Crippen molar-refractivity contribution in [1.29, 1.82) is 0 Å². The molecule has 0 saturated carbocycles. The van der Waals surface area contributed by atoms with Crippen LogP contribution < -0.4 is 19.5 Å². The van der Waals surface area contributed by atoms with E-state index in [1.807, 2.05) is 25.7 Å². The highest BCUT2D eigenvalue weighted by Gasteiger charge is 2.31. The minimum atomic E-state index is -0.386. The summed E-state index contributed by atoms with van der Waals surface area (Å²) < 4.78 is 15.9. The van der Waals surface area contributed by atoms with Crippen molar-refractivity contribution in [3.63, 3.8) is 0 Å². The van der Waals surface area contributed by atoms with Gasteiger partial charge in [0.15, 0.2) is 11.5 Å². The standard InChI is InChI=1S/C20H30N2O5/c1-20(2,3)19(24)22-9-7-13(8-10-22)21-18(23)14-11-16(26-5)17(27-6)12-15(14)25-4/h11-13H,7-10H2,1-6H3,(H,21,23). The topological polar surface area (TPSA) is 77.1 Å². The number of hydrogen-bond donors (Lipinski definition) is 1. The highest BCUT2D eigenvalue weighted by molar-refractivity contribution is 5.98. The maximum Gasteiger partial charge on any atom is 0.255 e. The van der Waals surface area contributed by atoms with Crippen molar-refractivity contribution in [2.24, 2.45) is 5.41 Å². The molecule has 1 fully saturated rings. The normalized spacial score (nSPS) is 15.3. The van der Waals surface area contributed by atoms with Crippen molar-refractivity contribution in [1.82, 2.24) is 10.2 Å². The summed E-state index contributed by atoms with van der Waals surface area (Å²) in [6.07, 6.45) is 1.45. The molecule has 0 bridgehead atoms. The second kappa shape index (κ2) is 8.50. The Kier molecular flexibility index (Phi) is 6.57. The highest BCUT2D eigenvalue weighted by atomic mass is 16.5. The van der Waals surface area contributed by atoms with Crippen LogP contribution in [0.5, 0.6) is 17.2 Å². The zero-order valence-corrected chi connectivity index (χ0v) is 17.0. The quantitative estimate of drug-likeness (QED) is 0.852. The van der Waals surface area contributed by atoms with Gasteiger partial charge in [0, 0.05) is 36.7 Å². The molecule has 0 unspecified atom stereocenters. The van der Waals surface area contributed by atoms with Gasteiger partial charge in [-0.2, -0.15) is 0 Å². The maximum absolute atomic E-state index is 12.8. The van der Waals surface area contributed by atoms with Crippen molar-refractivity contribution in [2.75, 3.05) is 34.4 Å². The van der Waals surface area contributed by atoms with E-state index >= 15 is 0 Å². The lowest BCUT2D eigenvalue weighted by Gasteiger charge is -2.36. The first-order chi connectivity index (χ1) is 12.7. The molecule has 1 N–H and O–H groups in total. The lowest BCUT2D eigenvalue weighted by Crippen LogP contribution is -2.49. The van der Waals surface area contributed by atoms with Gasteiger partial charge in [-0.15, -0.1) is 0 Å². The van der Waals surface area contributed by atoms with Crippen LogP contribution in [-0.2, 0) is 4.79 Å². The Labute approximate surface area is 161 Å². The first-order valence-electron chi connectivity index (χ1n) is 9.11. The molecule has 1 saturated heterocycles. The molecule has 0 aromatic heterocycles. The number of piperidine rings is 1. The third kappa shape index (κ3) is 4.84. The van der Waals surface area contributed by atoms with Crippen LogP contribution >= 0.6 is 0 Å². The summed E-state index contributed by atoms with van der Waals surface area (Å²) in [5.74, 6) is 1.31. The molecule has 2 rings (SSSR count). The zero-order valence-electron chi connectivity index (χ0n) is 17.0. The van der Waals surface area contributed by atoms with Crippen LogP contribution in [0.3, 0.4) is 0 Å². The molecular weight excluding hydrogens is 348 g/mol. The van der Waals surface area contributed by atoms with E-state index in [4.69, 9.17) is 14.2 Å². The van der Waals surface area contributed by atoms with Gasteiger partial charge >= 0.3 is 0 Å². The van der Waals surface area contributed by atoms with E-state index in [9.17, 15) is 9.59 Å². The summed E-state index contributed by atoms with van der Waals surface area (Å²) >= 11 is 0. The predicted octanol–water partition coefficient (Wildman–Crippen LogP) is 2.48. The summed E-state index contributed by atoms with van der Waals surface area (Å²) in [4.78, 5) is 27.0. The van der Waals surface area contributed by atoms with E-state index in [0.717, 1.165) is 12.8 Å². The third-order valence-electron chi connectivity index (χ3n) is 4.71. The highest BCUT2D eigenvalue weighted by Crippen LogP contribution is 2.34. The van der Waals surface area contributed by atoms with Crippen LogP contribution in [0, 0.1) is 5.41 Å². The van der Waals surface area contributed by atoms with E-state index in [1.54, 1.807) is 12.1 Å². The molecule has 27 heavy (non-hydrogen) atoms. The minimum Gasteiger partial charge on any atom is -0.496 e. The molecule has 0 radical (unpaired) electrons. The third-order valence-corrected chi connectivity index (χ3v) is 4.71. The summed E-state index contributed by atoms with van der Waals surface area (Å²) in [5.41, 5.74) is 0.00617. The second-order valence-electron chi connectivity index (χ2n) is 7.70. The average molecular weight is 378 g/mol. The van der Waals surface area contributed by atoms with E-state index in [1.165, 1.54) is 21.3 Å². The molecule has 0 spiro atoms. The number of carbonyl (C=O) groups excluding carboxylic acids is 2. The van der Waals surface area contributed by atoms with E-state index in [-0.39, 0.29) is 23.3 Å². The molecule has 1 aliphatic rings. The number of ether oxygens (including phenoxy) is 3. The summed E-state index contributed by atoms with van der Waals surface area (Å²) in [7, 11) is 4.56. The van der Waals surface area contributed by atoms with Gasteiger partial charge in [-0.1, -0.05) is 20.8 Å². The lowest BCUT2D eigenvalue weighted by atomic mass is 9.93. The molecule has 150 valence electrons. The molecule has 1 aliphatic heterocycles. The van der Waals surface area contributed by atoms with Gasteiger partial charge in [-0.25, -0.2) is 0 Å². The fraction of sp³-hybridized carbons (Fsp3) is 0.600. The van der Waals surface area contributed by atoms with Gasteiger partial charge in [0.1, 0.15) is 5.75 Å². The monoisotopic (exact) mass is 378 g/mol. The number of rotatable bonds is 5. The first-order valence-corrected chi connectivity index (χ1v) is 9.11. The first kappa shape index (κ1) is 20.9. The lowest BCUT2D eigenvalue weighted by molar-refractivity contribution is -0.140. The van der Waals surface area contributed by atoms with Gasteiger partial charge in [0.05, 0.1) is 26.9 Å². The van der Waals surface area contributed by atoms with Crippen molar-refractivity contribution >= 4 is 11.8 Å². The van der Waals surface area contributed by atoms with Crippen LogP contribution in [0.1, 0.15) is 44.0 Å². The molecule has 0 atom stereocenters. The van der Waals surface area contributed by atoms with Crippen molar-refractivity contribution in [3.05, 3.63) is 17.7 Å². The molecule has 7 nitrogen and oxygen atoms in total. The molecule has 2 amide bonds. The van der Waals surface area contributed by atoms with E-state index in [2.05, 4.69) is 5.32 Å². The Morgan fingerprint density at radius 3 is 1.96 bits per heavy atom. The van der Waals surface area contributed by atoms with Crippen LogP contribution in [0.2, 0.25) is 0 Å². The van der Waals surface area contributed by atoms with E-state index in [0.29, 0.717) is 35.9 Å². The number of nitrogens with one attached hydrogen (secondary N) is 1. The number of amides is 2. The Hall–Kier alpha value is -2.44. The van der Waals surface area contributed by atoms with Crippen molar-refractivity contribution in [2.45, 2.75) is 39.7 Å². The van der Waals surface area contributed by atoms with Crippen LogP contribution in [-0.4, -0.2) is 57.2 Å². The Balaban J connectivity index is 2.05. The Morgan fingerprint density at radius 2 is 1.48 bits per heavy atom. The Morgan fingerprint density at radius 1 is 0.963 bits per heavy atom. The van der Waals surface area contributed by atoms with Crippen molar-refractivity contribution < 1.29 is 23.8 Å². The number of hydrogen-bond acceptors (Lipinski definition) is 5. The molecule has 7 heteroatoms.